The van der Waals surface area contributed by atoms with Crippen LogP contribution in [0.4, 0.5) is 0 Å². The van der Waals surface area contributed by atoms with Gasteiger partial charge in [-0.05, 0) is 62.4 Å². The van der Waals surface area contributed by atoms with E-state index in [1.54, 1.807) is 0 Å². The Morgan fingerprint density at radius 2 is 1.95 bits per heavy atom. The molecule has 1 aromatic rings. The molecule has 1 heterocycles. The van der Waals surface area contributed by atoms with Crippen molar-refractivity contribution < 1.29 is 0 Å². The van der Waals surface area contributed by atoms with Gasteiger partial charge in [0.1, 0.15) is 0 Å². The van der Waals surface area contributed by atoms with Crippen LogP contribution in [0.1, 0.15) is 44.6 Å². The third kappa shape index (κ3) is 5.40. The molecule has 0 aromatic carbocycles. The van der Waals surface area contributed by atoms with Gasteiger partial charge in [0.25, 0.3) is 0 Å². The maximum atomic E-state index is 4.09. The molecule has 3 nitrogen and oxygen atoms in total. The second kappa shape index (κ2) is 8.50. The van der Waals surface area contributed by atoms with Gasteiger partial charge in [0.15, 0.2) is 0 Å². The Morgan fingerprint density at radius 3 is 2.62 bits per heavy atom. The highest BCUT2D eigenvalue weighted by molar-refractivity contribution is 5.09. The first-order chi connectivity index (χ1) is 10.2. The Hall–Kier alpha value is -0.930. The van der Waals surface area contributed by atoms with Crippen LogP contribution in [0.3, 0.4) is 0 Å². The van der Waals surface area contributed by atoms with Crippen molar-refractivity contribution in [3.63, 3.8) is 0 Å². The molecule has 0 aliphatic heterocycles. The quantitative estimate of drug-likeness (QED) is 0.708. The van der Waals surface area contributed by atoms with Crippen LogP contribution in [0.5, 0.6) is 0 Å². The van der Waals surface area contributed by atoms with Gasteiger partial charge in [-0.1, -0.05) is 19.8 Å². The third-order valence-electron chi connectivity index (χ3n) is 4.73. The molecule has 1 saturated carbocycles. The van der Waals surface area contributed by atoms with Gasteiger partial charge in [0.2, 0.25) is 0 Å². The van der Waals surface area contributed by atoms with E-state index in [0.717, 1.165) is 19.5 Å². The van der Waals surface area contributed by atoms with E-state index in [4.69, 9.17) is 0 Å². The van der Waals surface area contributed by atoms with Gasteiger partial charge in [-0.25, -0.2) is 0 Å². The molecule has 0 radical (unpaired) electrons. The molecule has 0 unspecified atom stereocenters. The van der Waals surface area contributed by atoms with Gasteiger partial charge < -0.3 is 10.2 Å². The van der Waals surface area contributed by atoms with Crippen molar-refractivity contribution in [3.8, 4) is 0 Å². The lowest BCUT2D eigenvalue weighted by atomic mass is 9.85. The lowest BCUT2D eigenvalue weighted by Gasteiger charge is -2.34. The summed E-state index contributed by atoms with van der Waals surface area (Å²) in [6.45, 7) is 6.96. The highest BCUT2D eigenvalue weighted by Crippen LogP contribution is 2.38. The summed E-state index contributed by atoms with van der Waals surface area (Å²) >= 11 is 0. The summed E-state index contributed by atoms with van der Waals surface area (Å²) in [5, 5.41) is 3.66. The zero-order valence-corrected chi connectivity index (χ0v) is 13.8. The Labute approximate surface area is 130 Å². The summed E-state index contributed by atoms with van der Waals surface area (Å²) in [7, 11) is 2.28. The molecular formula is C18H31N3. The number of pyridine rings is 1. The molecule has 1 fully saturated rings. The molecule has 1 N–H and O–H groups in total. The monoisotopic (exact) mass is 289 g/mol. The molecule has 0 saturated heterocycles. The molecule has 0 spiro atoms. The fourth-order valence-corrected chi connectivity index (χ4v) is 3.57. The second-order valence-electron chi connectivity index (χ2n) is 6.73. The van der Waals surface area contributed by atoms with Crippen LogP contribution in [-0.4, -0.2) is 43.1 Å². The van der Waals surface area contributed by atoms with Crippen molar-refractivity contribution in [3.05, 3.63) is 30.1 Å². The molecule has 3 heteroatoms. The minimum absolute atomic E-state index is 0.516. The van der Waals surface area contributed by atoms with Crippen LogP contribution in [0.2, 0.25) is 0 Å². The van der Waals surface area contributed by atoms with Crippen LogP contribution in [0.15, 0.2) is 24.5 Å². The summed E-state index contributed by atoms with van der Waals surface area (Å²) in [6.07, 6.45) is 11.7. The zero-order valence-electron chi connectivity index (χ0n) is 13.8. The van der Waals surface area contributed by atoms with Gasteiger partial charge in [-0.2, -0.15) is 0 Å². The maximum absolute atomic E-state index is 4.09. The van der Waals surface area contributed by atoms with Crippen molar-refractivity contribution in [1.82, 2.24) is 15.2 Å². The number of hydrogen-bond acceptors (Lipinski definition) is 3. The fourth-order valence-electron chi connectivity index (χ4n) is 3.57. The Bertz CT molecular complexity index is 385. The summed E-state index contributed by atoms with van der Waals surface area (Å²) in [6, 6.07) is 4.25. The largest absolute Gasteiger partial charge is 0.316 e. The topological polar surface area (TPSA) is 28.2 Å². The summed E-state index contributed by atoms with van der Waals surface area (Å²) in [5.41, 5.74) is 1.91. The average Bonchev–Trinajstić information content (AvgIpc) is 2.95. The SMILES string of the molecule is CCCNCC1(CN(C)CCc2ccncc2)CCCC1. The standard InChI is InChI=1S/C18H31N3/c1-3-11-20-15-18(9-4-5-10-18)16-21(2)14-8-17-6-12-19-13-7-17/h6-7,12-13,20H,3-5,8-11,14-16H2,1-2H3. The van der Waals surface area contributed by atoms with Gasteiger partial charge in [-0.3, -0.25) is 4.98 Å². The first-order valence-electron chi connectivity index (χ1n) is 8.52. The summed E-state index contributed by atoms with van der Waals surface area (Å²) < 4.78 is 0. The highest BCUT2D eigenvalue weighted by atomic mass is 15.1. The van der Waals surface area contributed by atoms with Crippen LogP contribution < -0.4 is 5.32 Å². The predicted octanol–water partition coefficient (Wildman–Crippen LogP) is 3.12. The van der Waals surface area contributed by atoms with E-state index < -0.39 is 0 Å². The Kier molecular flexibility index (Phi) is 6.65. The van der Waals surface area contributed by atoms with Crippen LogP contribution in [0, 0.1) is 5.41 Å². The van der Waals surface area contributed by atoms with Crippen molar-refractivity contribution in [1.29, 1.82) is 0 Å². The Balaban J connectivity index is 1.79. The number of nitrogens with one attached hydrogen (secondary N) is 1. The van der Waals surface area contributed by atoms with E-state index in [2.05, 4.69) is 41.3 Å². The van der Waals surface area contributed by atoms with Gasteiger partial charge >= 0.3 is 0 Å². The average molecular weight is 289 g/mol. The van der Waals surface area contributed by atoms with E-state index in [1.165, 1.54) is 50.8 Å². The molecule has 2 rings (SSSR count). The fraction of sp³-hybridized carbons (Fsp3) is 0.722. The number of rotatable bonds is 9. The van der Waals surface area contributed by atoms with E-state index in [9.17, 15) is 0 Å². The minimum atomic E-state index is 0.516. The second-order valence-corrected chi connectivity index (χ2v) is 6.73. The number of hydrogen-bond donors (Lipinski definition) is 1. The lowest BCUT2D eigenvalue weighted by Crippen LogP contribution is -2.42. The van der Waals surface area contributed by atoms with E-state index in [0.29, 0.717) is 5.41 Å². The highest BCUT2D eigenvalue weighted by Gasteiger charge is 2.34. The molecular weight excluding hydrogens is 258 g/mol. The maximum Gasteiger partial charge on any atom is 0.0270 e. The van der Waals surface area contributed by atoms with Gasteiger partial charge in [0, 0.05) is 32.0 Å². The van der Waals surface area contributed by atoms with Crippen molar-refractivity contribution in [2.45, 2.75) is 45.4 Å². The van der Waals surface area contributed by atoms with E-state index in [1.807, 2.05) is 12.4 Å². The van der Waals surface area contributed by atoms with Crippen LogP contribution in [0.25, 0.3) is 0 Å². The molecule has 1 aliphatic rings. The van der Waals surface area contributed by atoms with Crippen LogP contribution in [-0.2, 0) is 6.42 Å². The van der Waals surface area contributed by atoms with E-state index >= 15 is 0 Å². The number of nitrogens with zero attached hydrogens (tertiary/aromatic N) is 2. The van der Waals surface area contributed by atoms with Crippen LogP contribution >= 0.6 is 0 Å². The Morgan fingerprint density at radius 1 is 1.24 bits per heavy atom. The molecule has 21 heavy (non-hydrogen) atoms. The van der Waals surface area contributed by atoms with Crippen molar-refractivity contribution in [2.75, 3.05) is 33.2 Å². The summed E-state index contributed by atoms with van der Waals surface area (Å²) in [4.78, 5) is 6.61. The first kappa shape index (κ1) is 16.4. The molecule has 1 aromatic heterocycles. The normalized spacial score (nSPS) is 17.5. The van der Waals surface area contributed by atoms with E-state index in [-0.39, 0.29) is 0 Å². The van der Waals surface area contributed by atoms with Crippen molar-refractivity contribution in [2.24, 2.45) is 5.41 Å². The predicted molar refractivity (Wildman–Crippen MR) is 89.5 cm³/mol. The van der Waals surface area contributed by atoms with Gasteiger partial charge in [-0.15, -0.1) is 0 Å². The first-order valence-corrected chi connectivity index (χ1v) is 8.52. The number of aromatic nitrogens is 1. The molecule has 118 valence electrons. The smallest absolute Gasteiger partial charge is 0.0270 e. The molecule has 0 atom stereocenters. The molecule has 1 aliphatic carbocycles. The van der Waals surface area contributed by atoms with Crippen molar-refractivity contribution >= 4 is 0 Å². The summed E-state index contributed by atoms with van der Waals surface area (Å²) in [5.74, 6) is 0. The zero-order chi connectivity index (χ0) is 15.0. The third-order valence-corrected chi connectivity index (χ3v) is 4.73. The number of likely N-dealkylation sites (N-methyl/N-ethyl adjacent to an activating group) is 1. The molecule has 0 bridgehead atoms. The molecule has 0 amide bonds. The lowest BCUT2D eigenvalue weighted by molar-refractivity contribution is 0.174. The minimum Gasteiger partial charge on any atom is -0.316 e. The van der Waals surface area contributed by atoms with Gasteiger partial charge in [0.05, 0.1) is 0 Å².